The number of rotatable bonds is 10. The fourth-order valence-corrected chi connectivity index (χ4v) is 2.74. The molecule has 2 aromatic rings. The van der Waals surface area contributed by atoms with Gasteiger partial charge in [-0.2, -0.15) is 0 Å². The molecule has 0 radical (unpaired) electrons. The summed E-state index contributed by atoms with van der Waals surface area (Å²) in [7, 11) is -3.10. The number of hydrogen-bond donors (Lipinski definition) is 2. The Morgan fingerprint density at radius 1 is 0.958 bits per heavy atom. The minimum absolute atomic E-state index is 0.442. The molecule has 0 saturated carbocycles. The van der Waals surface area contributed by atoms with Gasteiger partial charge >= 0.3 is 0 Å². The van der Waals surface area contributed by atoms with Crippen LogP contribution in [0.3, 0.4) is 0 Å². The number of benzene rings is 2. The highest BCUT2D eigenvalue weighted by molar-refractivity contribution is 7.88. The lowest BCUT2D eigenvalue weighted by molar-refractivity contribution is 0.302. The Balaban J connectivity index is 1.77. The van der Waals surface area contributed by atoms with Crippen molar-refractivity contribution >= 4 is 10.0 Å². The molecule has 0 amide bonds. The summed E-state index contributed by atoms with van der Waals surface area (Å²) in [6.07, 6.45) is 1.90. The van der Waals surface area contributed by atoms with E-state index in [2.05, 4.69) is 10.0 Å². The van der Waals surface area contributed by atoms with Crippen LogP contribution in [-0.2, 0) is 23.2 Å². The van der Waals surface area contributed by atoms with E-state index in [1.165, 1.54) is 6.26 Å². The average Bonchev–Trinajstić information content (AvgIpc) is 2.57. The molecular weight excluding hydrogens is 324 g/mol. The molecule has 5 nitrogen and oxygen atoms in total. The van der Waals surface area contributed by atoms with Gasteiger partial charge in [-0.15, -0.1) is 0 Å². The molecule has 0 fully saturated rings. The Labute approximate surface area is 144 Å². The minimum Gasteiger partial charge on any atom is -0.489 e. The van der Waals surface area contributed by atoms with Gasteiger partial charge < -0.3 is 10.1 Å². The van der Waals surface area contributed by atoms with Crippen molar-refractivity contribution in [2.45, 2.75) is 19.6 Å². The zero-order valence-corrected chi connectivity index (χ0v) is 14.7. The van der Waals surface area contributed by atoms with Gasteiger partial charge in [0, 0.05) is 18.7 Å². The van der Waals surface area contributed by atoms with Crippen molar-refractivity contribution in [3.63, 3.8) is 0 Å². The molecule has 0 spiro atoms. The molecule has 0 bridgehead atoms. The molecule has 0 aromatic heterocycles. The van der Waals surface area contributed by atoms with Crippen LogP contribution >= 0.6 is 0 Å². The van der Waals surface area contributed by atoms with Crippen molar-refractivity contribution in [1.82, 2.24) is 10.0 Å². The Morgan fingerprint density at radius 3 is 2.42 bits per heavy atom. The third kappa shape index (κ3) is 7.12. The molecule has 2 rings (SSSR count). The smallest absolute Gasteiger partial charge is 0.208 e. The fraction of sp³-hybridized carbons (Fsp3) is 0.333. The first-order chi connectivity index (χ1) is 11.5. The first kappa shape index (κ1) is 18.4. The average molecular weight is 348 g/mol. The molecule has 2 aromatic carbocycles. The summed E-state index contributed by atoms with van der Waals surface area (Å²) in [5.74, 6) is 0.864. The molecule has 2 N–H and O–H groups in total. The van der Waals surface area contributed by atoms with E-state index < -0.39 is 10.0 Å². The molecule has 24 heavy (non-hydrogen) atoms. The van der Waals surface area contributed by atoms with Crippen LogP contribution in [0.15, 0.2) is 54.6 Å². The number of nitrogens with one attached hydrogen (secondary N) is 2. The van der Waals surface area contributed by atoms with E-state index in [1.807, 2.05) is 54.6 Å². The van der Waals surface area contributed by atoms with Gasteiger partial charge in [0.25, 0.3) is 0 Å². The van der Waals surface area contributed by atoms with E-state index in [1.54, 1.807) is 0 Å². The van der Waals surface area contributed by atoms with Crippen molar-refractivity contribution < 1.29 is 13.2 Å². The summed E-state index contributed by atoms with van der Waals surface area (Å²) < 4.78 is 30.3. The minimum atomic E-state index is -3.10. The van der Waals surface area contributed by atoms with Gasteiger partial charge in [0.2, 0.25) is 10.0 Å². The summed E-state index contributed by atoms with van der Waals surface area (Å²) in [6, 6.07) is 18.0. The SMILES string of the molecule is CS(=O)(=O)NCCCNCc1ccccc1OCc1ccccc1. The maximum Gasteiger partial charge on any atom is 0.208 e. The highest BCUT2D eigenvalue weighted by Crippen LogP contribution is 2.19. The second-order valence-electron chi connectivity index (χ2n) is 5.58. The molecule has 0 unspecified atom stereocenters. The van der Waals surface area contributed by atoms with Crippen molar-refractivity contribution in [3.05, 3.63) is 65.7 Å². The number of sulfonamides is 1. The summed E-state index contributed by atoms with van der Waals surface area (Å²) in [4.78, 5) is 0. The number of ether oxygens (including phenoxy) is 1. The van der Waals surface area contributed by atoms with E-state index in [0.29, 0.717) is 19.7 Å². The molecule has 0 aliphatic heterocycles. The monoisotopic (exact) mass is 348 g/mol. The predicted molar refractivity (Wildman–Crippen MR) is 96.4 cm³/mol. The van der Waals surface area contributed by atoms with Crippen LogP contribution in [0, 0.1) is 0 Å². The van der Waals surface area contributed by atoms with Crippen molar-refractivity contribution in [2.75, 3.05) is 19.3 Å². The Bertz CT molecular complexity index is 718. The molecule has 6 heteroatoms. The van der Waals surface area contributed by atoms with Crippen LogP contribution in [0.5, 0.6) is 5.75 Å². The van der Waals surface area contributed by atoms with E-state index in [0.717, 1.165) is 29.8 Å². The molecule has 0 heterocycles. The molecule has 0 aliphatic rings. The molecule has 130 valence electrons. The Morgan fingerprint density at radius 2 is 1.67 bits per heavy atom. The van der Waals surface area contributed by atoms with Crippen LogP contribution in [0.4, 0.5) is 0 Å². The van der Waals surface area contributed by atoms with E-state index in [9.17, 15) is 8.42 Å². The second kappa shape index (κ2) is 9.42. The Hall–Kier alpha value is -1.89. The van der Waals surface area contributed by atoms with Crippen LogP contribution in [-0.4, -0.2) is 27.8 Å². The zero-order valence-electron chi connectivity index (χ0n) is 13.9. The van der Waals surface area contributed by atoms with Crippen molar-refractivity contribution in [3.8, 4) is 5.75 Å². The molecule has 0 saturated heterocycles. The summed E-state index contributed by atoms with van der Waals surface area (Å²) in [5.41, 5.74) is 2.22. The van der Waals surface area contributed by atoms with Gasteiger partial charge in [0.1, 0.15) is 12.4 Å². The van der Waals surface area contributed by atoms with Crippen LogP contribution in [0.2, 0.25) is 0 Å². The standard InChI is InChI=1S/C18H24N2O3S/c1-24(21,22)20-13-7-12-19-14-17-10-5-6-11-18(17)23-15-16-8-3-2-4-9-16/h2-6,8-11,19-20H,7,12-15H2,1H3. The second-order valence-corrected chi connectivity index (χ2v) is 7.41. The summed E-state index contributed by atoms with van der Waals surface area (Å²) >= 11 is 0. The normalized spacial score (nSPS) is 11.4. The predicted octanol–water partition coefficient (Wildman–Crippen LogP) is 2.29. The van der Waals surface area contributed by atoms with Gasteiger partial charge in [-0.05, 0) is 24.6 Å². The van der Waals surface area contributed by atoms with Gasteiger partial charge in [-0.25, -0.2) is 13.1 Å². The molecule has 0 atom stereocenters. The maximum atomic E-state index is 11.0. The lowest BCUT2D eigenvalue weighted by atomic mass is 10.2. The number of hydrogen-bond acceptors (Lipinski definition) is 4. The summed E-state index contributed by atoms with van der Waals surface area (Å²) in [5, 5.41) is 3.31. The third-order valence-corrected chi connectivity index (χ3v) is 4.15. The van der Waals surface area contributed by atoms with Gasteiger partial charge in [-0.3, -0.25) is 0 Å². The first-order valence-electron chi connectivity index (χ1n) is 7.94. The lowest BCUT2D eigenvalue weighted by Gasteiger charge is -2.12. The topological polar surface area (TPSA) is 67.4 Å². The van der Waals surface area contributed by atoms with Crippen LogP contribution in [0.25, 0.3) is 0 Å². The molecular formula is C18H24N2O3S. The van der Waals surface area contributed by atoms with Crippen LogP contribution < -0.4 is 14.8 Å². The van der Waals surface area contributed by atoms with Crippen LogP contribution in [0.1, 0.15) is 17.5 Å². The van der Waals surface area contributed by atoms with E-state index in [4.69, 9.17) is 4.74 Å². The van der Waals surface area contributed by atoms with E-state index >= 15 is 0 Å². The highest BCUT2D eigenvalue weighted by Gasteiger charge is 2.03. The maximum absolute atomic E-state index is 11.0. The van der Waals surface area contributed by atoms with E-state index in [-0.39, 0.29) is 0 Å². The van der Waals surface area contributed by atoms with Crippen molar-refractivity contribution in [1.29, 1.82) is 0 Å². The van der Waals surface area contributed by atoms with Gasteiger partial charge in [0.15, 0.2) is 0 Å². The fourth-order valence-electron chi connectivity index (χ4n) is 2.22. The quantitative estimate of drug-likeness (QED) is 0.647. The van der Waals surface area contributed by atoms with Gasteiger partial charge in [0.05, 0.1) is 6.26 Å². The summed E-state index contributed by atoms with van der Waals surface area (Å²) in [6.45, 7) is 2.40. The highest BCUT2D eigenvalue weighted by atomic mass is 32.2. The lowest BCUT2D eigenvalue weighted by Crippen LogP contribution is -2.26. The third-order valence-electron chi connectivity index (χ3n) is 3.42. The number of para-hydroxylation sites is 1. The van der Waals surface area contributed by atoms with Crippen molar-refractivity contribution in [2.24, 2.45) is 0 Å². The molecule has 0 aliphatic carbocycles. The largest absolute Gasteiger partial charge is 0.489 e. The van der Waals surface area contributed by atoms with Gasteiger partial charge in [-0.1, -0.05) is 48.5 Å². The Kier molecular flexibility index (Phi) is 7.24. The zero-order chi connectivity index (χ0) is 17.3. The first-order valence-corrected chi connectivity index (χ1v) is 9.84.